The molecule has 0 fully saturated rings. The lowest BCUT2D eigenvalue weighted by Crippen LogP contribution is -2.26. The van der Waals surface area contributed by atoms with Gasteiger partial charge in [-0.3, -0.25) is 0 Å². The van der Waals surface area contributed by atoms with Gasteiger partial charge in [-0.05, 0) is 29.9 Å². The number of methoxy groups -OCH3 is 1. The van der Waals surface area contributed by atoms with Gasteiger partial charge >= 0.3 is 0 Å². The summed E-state index contributed by atoms with van der Waals surface area (Å²) in [4.78, 5) is 0. The lowest BCUT2D eigenvalue weighted by molar-refractivity contribution is 0.198. The van der Waals surface area contributed by atoms with E-state index in [1.807, 2.05) is 12.1 Å². The van der Waals surface area contributed by atoms with Crippen LogP contribution in [0.1, 0.15) is 44.6 Å². The van der Waals surface area contributed by atoms with Crippen LogP contribution >= 0.6 is 11.6 Å². The molecule has 0 spiro atoms. The van der Waals surface area contributed by atoms with Crippen LogP contribution in [0.5, 0.6) is 0 Å². The Hall–Kier alpha value is -0.570. The van der Waals surface area contributed by atoms with Gasteiger partial charge in [0.15, 0.2) is 0 Å². The van der Waals surface area contributed by atoms with Gasteiger partial charge in [0.25, 0.3) is 0 Å². The molecule has 114 valence electrons. The zero-order valence-corrected chi connectivity index (χ0v) is 13.7. The van der Waals surface area contributed by atoms with Gasteiger partial charge in [-0.25, -0.2) is 0 Å². The van der Waals surface area contributed by atoms with Crippen molar-refractivity contribution in [2.45, 2.75) is 39.0 Å². The number of benzene rings is 1. The summed E-state index contributed by atoms with van der Waals surface area (Å²) >= 11 is 6.38. The van der Waals surface area contributed by atoms with Crippen molar-refractivity contribution in [2.75, 3.05) is 26.8 Å². The summed E-state index contributed by atoms with van der Waals surface area (Å²) in [7, 11) is 1.73. The van der Waals surface area contributed by atoms with E-state index in [0.29, 0.717) is 5.92 Å². The van der Waals surface area contributed by atoms with Gasteiger partial charge in [0.1, 0.15) is 0 Å². The monoisotopic (exact) mass is 297 g/mol. The Kier molecular flexibility index (Phi) is 8.92. The fourth-order valence-corrected chi connectivity index (χ4v) is 2.89. The molecule has 0 aliphatic heterocycles. The van der Waals surface area contributed by atoms with Crippen LogP contribution in [0.2, 0.25) is 5.02 Å². The molecular formula is C17H28ClNO. The van der Waals surface area contributed by atoms with E-state index < -0.39 is 0 Å². The first-order chi connectivity index (χ1) is 9.72. The molecule has 3 heteroatoms. The van der Waals surface area contributed by atoms with Gasteiger partial charge in [-0.15, -0.1) is 0 Å². The Balaban J connectivity index is 2.70. The third kappa shape index (κ3) is 5.82. The maximum Gasteiger partial charge on any atom is 0.0587 e. The normalized spacial score (nSPS) is 12.8. The third-order valence-electron chi connectivity index (χ3n) is 3.99. The SMILES string of the molecule is CCC(CC)CC(CNCCOC)c1ccccc1Cl. The molecule has 1 N–H and O–H groups in total. The quantitative estimate of drug-likeness (QED) is 0.643. The topological polar surface area (TPSA) is 21.3 Å². The molecule has 1 aromatic rings. The van der Waals surface area contributed by atoms with Crippen LogP contribution in [0, 0.1) is 5.92 Å². The van der Waals surface area contributed by atoms with Gasteiger partial charge < -0.3 is 10.1 Å². The summed E-state index contributed by atoms with van der Waals surface area (Å²) in [5, 5.41) is 4.37. The minimum absolute atomic E-state index is 0.477. The Morgan fingerprint density at radius 1 is 1.20 bits per heavy atom. The van der Waals surface area contributed by atoms with Crippen LogP contribution in [-0.2, 0) is 4.74 Å². The standard InChI is InChI=1S/C17H28ClNO/c1-4-14(5-2)12-15(13-19-10-11-20-3)16-8-6-7-9-17(16)18/h6-9,14-15,19H,4-5,10-13H2,1-3H3. The summed E-state index contributed by atoms with van der Waals surface area (Å²) in [6.07, 6.45) is 3.65. The van der Waals surface area contributed by atoms with Crippen molar-refractivity contribution in [1.82, 2.24) is 5.32 Å². The predicted octanol–water partition coefficient (Wildman–Crippen LogP) is 4.49. The van der Waals surface area contributed by atoms with E-state index in [4.69, 9.17) is 16.3 Å². The molecular weight excluding hydrogens is 270 g/mol. The second-order valence-electron chi connectivity index (χ2n) is 5.33. The van der Waals surface area contributed by atoms with Crippen molar-refractivity contribution in [3.63, 3.8) is 0 Å². The molecule has 1 rings (SSSR count). The third-order valence-corrected chi connectivity index (χ3v) is 4.34. The van der Waals surface area contributed by atoms with Crippen molar-refractivity contribution >= 4 is 11.6 Å². The van der Waals surface area contributed by atoms with Crippen LogP contribution in [0.4, 0.5) is 0 Å². The van der Waals surface area contributed by atoms with Crippen molar-refractivity contribution in [3.05, 3.63) is 34.9 Å². The average Bonchev–Trinajstić information content (AvgIpc) is 2.47. The molecule has 0 radical (unpaired) electrons. The summed E-state index contributed by atoms with van der Waals surface area (Å²) in [6, 6.07) is 8.23. The molecule has 0 bridgehead atoms. The zero-order valence-electron chi connectivity index (χ0n) is 13.0. The van der Waals surface area contributed by atoms with E-state index >= 15 is 0 Å². The Bertz CT molecular complexity index is 366. The minimum atomic E-state index is 0.477. The molecule has 0 aliphatic rings. The molecule has 0 aliphatic carbocycles. The highest BCUT2D eigenvalue weighted by molar-refractivity contribution is 6.31. The first-order valence-corrected chi connectivity index (χ1v) is 8.04. The Morgan fingerprint density at radius 2 is 1.90 bits per heavy atom. The average molecular weight is 298 g/mol. The molecule has 0 amide bonds. The fraction of sp³-hybridized carbons (Fsp3) is 0.647. The molecule has 0 aromatic heterocycles. The first kappa shape index (κ1) is 17.5. The fourth-order valence-electron chi connectivity index (χ4n) is 2.60. The van der Waals surface area contributed by atoms with E-state index in [0.717, 1.165) is 30.6 Å². The molecule has 1 unspecified atom stereocenters. The highest BCUT2D eigenvalue weighted by atomic mass is 35.5. The number of hydrogen-bond donors (Lipinski definition) is 1. The molecule has 0 saturated heterocycles. The van der Waals surface area contributed by atoms with Crippen molar-refractivity contribution in [2.24, 2.45) is 5.92 Å². The molecule has 0 heterocycles. The summed E-state index contributed by atoms with van der Waals surface area (Å²) in [6.45, 7) is 7.15. The second kappa shape index (κ2) is 10.2. The maximum absolute atomic E-state index is 6.38. The van der Waals surface area contributed by atoms with Crippen LogP contribution in [0.15, 0.2) is 24.3 Å². The van der Waals surface area contributed by atoms with Crippen molar-refractivity contribution in [1.29, 1.82) is 0 Å². The molecule has 2 nitrogen and oxygen atoms in total. The van der Waals surface area contributed by atoms with Crippen molar-refractivity contribution < 1.29 is 4.74 Å². The van der Waals surface area contributed by atoms with Crippen LogP contribution in [0.3, 0.4) is 0 Å². The van der Waals surface area contributed by atoms with E-state index in [2.05, 4.69) is 31.3 Å². The first-order valence-electron chi connectivity index (χ1n) is 7.66. The number of hydrogen-bond acceptors (Lipinski definition) is 2. The number of ether oxygens (including phenoxy) is 1. The lowest BCUT2D eigenvalue weighted by atomic mass is 9.86. The minimum Gasteiger partial charge on any atom is -0.383 e. The Morgan fingerprint density at radius 3 is 2.50 bits per heavy atom. The molecule has 1 atom stereocenters. The van der Waals surface area contributed by atoms with Crippen LogP contribution in [-0.4, -0.2) is 26.8 Å². The van der Waals surface area contributed by atoms with Gasteiger partial charge in [-0.2, -0.15) is 0 Å². The second-order valence-corrected chi connectivity index (χ2v) is 5.74. The van der Waals surface area contributed by atoms with E-state index in [-0.39, 0.29) is 0 Å². The zero-order chi connectivity index (χ0) is 14.8. The van der Waals surface area contributed by atoms with Gasteiger partial charge in [-0.1, -0.05) is 56.5 Å². The number of nitrogens with one attached hydrogen (secondary N) is 1. The summed E-state index contributed by atoms with van der Waals surface area (Å²) in [5.74, 6) is 1.24. The summed E-state index contributed by atoms with van der Waals surface area (Å²) in [5.41, 5.74) is 1.27. The summed E-state index contributed by atoms with van der Waals surface area (Å²) < 4.78 is 5.09. The molecule has 20 heavy (non-hydrogen) atoms. The van der Waals surface area contributed by atoms with Gasteiger partial charge in [0.2, 0.25) is 0 Å². The lowest BCUT2D eigenvalue weighted by Gasteiger charge is -2.23. The van der Waals surface area contributed by atoms with Crippen LogP contribution < -0.4 is 5.32 Å². The van der Waals surface area contributed by atoms with Crippen molar-refractivity contribution in [3.8, 4) is 0 Å². The van der Waals surface area contributed by atoms with E-state index in [1.54, 1.807) is 7.11 Å². The predicted molar refractivity (Wildman–Crippen MR) is 87.6 cm³/mol. The number of rotatable bonds is 10. The highest BCUT2D eigenvalue weighted by Gasteiger charge is 2.18. The van der Waals surface area contributed by atoms with E-state index in [9.17, 15) is 0 Å². The molecule has 0 saturated carbocycles. The molecule has 1 aromatic carbocycles. The largest absolute Gasteiger partial charge is 0.383 e. The van der Waals surface area contributed by atoms with E-state index in [1.165, 1.54) is 24.8 Å². The number of halogens is 1. The van der Waals surface area contributed by atoms with Gasteiger partial charge in [0, 0.05) is 25.2 Å². The highest BCUT2D eigenvalue weighted by Crippen LogP contribution is 2.31. The van der Waals surface area contributed by atoms with Gasteiger partial charge in [0.05, 0.1) is 6.61 Å². The maximum atomic E-state index is 6.38. The Labute approximate surface area is 128 Å². The smallest absolute Gasteiger partial charge is 0.0587 e. The van der Waals surface area contributed by atoms with Crippen LogP contribution in [0.25, 0.3) is 0 Å².